The minimum atomic E-state index is -2.82. The first-order valence-corrected chi connectivity index (χ1v) is 7.75. The topological polar surface area (TPSA) is 24.5 Å². The van der Waals surface area contributed by atoms with Gasteiger partial charge in [0.2, 0.25) is 0 Å². The molecular formula is C17H16F2N2OS. The zero-order valence-electron chi connectivity index (χ0n) is 12.3. The number of aryl methyl sites for hydroxylation is 1. The third-order valence-electron chi connectivity index (χ3n) is 3.69. The zero-order valence-corrected chi connectivity index (χ0v) is 13.2. The lowest BCUT2D eigenvalue weighted by molar-refractivity contribution is -0.0498. The number of thiocarbonyl (C=S) groups is 1. The maximum atomic E-state index is 12.1. The van der Waals surface area contributed by atoms with Gasteiger partial charge in [0, 0.05) is 17.9 Å². The van der Waals surface area contributed by atoms with Crippen LogP contribution in [0, 0.1) is 0 Å². The van der Waals surface area contributed by atoms with Crippen LogP contribution in [0.5, 0.6) is 5.75 Å². The second-order valence-corrected chi connectivity index (χ2v) is 5.60. The summed E-state index contributed by atoms with van der Waals surface area (Å²) in [6.45, 7) is -1.96. The second kappa shape index (κ2) is 6.91. The Morgan fingerprint density at radius 3 is 2.61 bits per heavy atom. The van der Waals surface area contributed by atoms with Crippen LogP contribution in [0.15, 0.2) is 48.5 Å². The summed E-state index contributed by atoms with van der Waals surface area (Å²) in [4.78, 5) is 2.07. The molecule has 1 heterocycles. The van der Waals surface area contributed by atoms with Gasteiger partial charge in [0.05, 0.1) is 0 Å². The molecule has 0 atom stereocenters. The van der Waals surface area contributed by atoms with Gasteiger partial charge in [-0.3, -0.25) is 0 Å². The van der Waals surface area contributed by atoms with E-state index in [1.807, 2.05) is 12.1 Å². The van der Waals surface area contributed by atoms with Gasteiger partial charge in [-0.1, -0.05) is 18.2 Å². The molecule has 0 saturated heterocycles. The molecule has 0 radical (unpaired) electrons. The number of nitrogens with one attached hydrogen (secondary N) is 1. The number of nitrogens with zero attached hydrogens (tertiary/aromatic N) is 1. The summed E-state index contributed by atoms with van der Waals surface area (Å²) in [7, 11) is 0. The van der Waals surface area contributed by atoms with Crippen molar-refractivity contribution < 1.29 is 13.5 Å². The molecular weight excluding hydrogens is 318 g/mol. The van der Waals surface area contributed by atoms with Gasteiger partial charge in [0.25, 0.3) is 0 Å². The first kappa shape index (κ1) is 15.7. The predicted octanol–water partition coefficient (Wildman–Crippen LogP) is 4.44. The van der Waals surface area contributed by atoms with E-state index in [1.165, 1.54) is 17.7 Å². The normalized spacial score (nSPS) is 13.6. The quantitative estimate of drug-likeness (QED) is 0.839. The molecule has 0 bridgehead atoms. The van der Waals surface area contributed by atoms with Gasteiger partial charge in [0.1, 0.15) is 5.75 Å². The molecule has 6 heteroatoms. The van der Waals surface area contributed by atoms with Crippen molar-refractivity contribution in [3.8, 4) is 5.75 Å². The van der Waals surface area contributed by atoms with Crippen molar-refractivity contribution in [2.24, 2.45) is 0 Å². The Hall–Kier alpha value is -2.21. The van der Waals surface area contributed by atoms with Gasteiger partial charge in [-0.25, -0.2) is 0 Å². The Balaban J connectivity index is 1.70. The monoisotopic (exact) mass is 334 g/mol. The molecule has 23 heavy (non-hydrogen) atoms. The van der Waals surface area contributed by atoms with Crippen molar-refractivity contribution in [2.75, 3.05) is 16.8 Å². The van der Waals surface area contributed by atoms with E-state index in [1.54, 1.807) is 12.1 Å². The fourth-order valence-electron chi connectivity index (χ4n) is 2.66. The summed E-state index contributed by atoms with van der Waals surface area (Å²) in [6, 6.07) is 14.5. The van der Waals surface area contributed by atoms with E-state index in [-0.39, 0.29) is 5.75 Å². The third-order valence-corrected chi connectivity index (χ3v) is 4.01. The summed E-state index contributed by atoms with van der Waals surface area (Å²) in [5.74, 6) is 0.125. The molecule has 1 aliphatic heterocycles. The van der Waals surface area contributed by atoms with Crippen molar-refractivity contribution in [1.29, 1.82) is 0 Å². The number of halogens is 2. The Morgan fingerprint density at radius 2 is 1.87 bits per heavy atom. The molecule has 3 rings (SSSR count). The van der Waals surface area contributed by atoms with E-state index in [9.17, 15) is 8.78 Å². The number of anilines is 2. The van der Waals surface area contributed by atoms with Crippen LogP contribution in [0.4, 0.5) is 20.2 Å². The number of hydrogen-bond donors (Lipinski definition) is 1. The highest BCUT2D eigenvalue weighted by atomic mass is 32.1. The van der Waals surface area contributed by atoms with E-state index in [2.05, 4.69) is 27.1 Å². The molecule has 0 aromatic heterocycles. The smallest absolute Gasteiger partial charge is 0.387 e. The highest BCUT2D eigenvalue weighted by molar-refractivity contribution is 7.80. The molecule has 0 unspecified atom stereocenters. The highest BCUT2D eigenvalue weighted by Crippen LogP contribution is 2.27. The summed E-state index contributed by atoms with van der Waals surface area (Å²) >= 11 is 5.50. The molecule has 0 spiro atoms. The summed E-state index contributed by atoms with van der Waals surface area (Å²) in [5, 5.41) is 3.74. The van der Waals surface area contributed by atoms with Gasteiger partial charge >= 0.3 is 6.61 Å². The van der Waals surface area contributed by atoms with Crippen molar-refractivity contribution in [3.63, 3.8) is 0 Å². The number of para-hydroxylation sites is 1. The highest BCUT2D eigenvalue weighted by Gasteiger charge is 2.19. The molecule has 3 nitrogen and oxygen atoms in total. The Bertz CT molecular complexity index is 691. The summed E-state index contributed by atoms with van der Waals surface area (Å²) in [5.41, 5.74) is 3.14. The van der Waals surface area contributed by atoms with Crippen molar-refractivity contribution in [2.45, 2.75) is 19.5 Å². The molecule has 1 aliphatic rings. The number of alkyl halides is 2. The van der Waals surface area contributed by atoms with Crippen LogP contribution in [0.25, 0.3) is 0 Å². The van der Waals surface area contributed by atoms with Crippen LogP contribution < -0.4 is 15.0 Å². The molecule has 0 amide bonds. The van der Waals surface area contributed by atoms with E-state index < -0.39 is 6.61 Å². The molecule has 2 aromatic carbocycles. The lowest BCUT2D eigenvalue weighted by Gasteiger charge is -2.31. The van der Waals surface area contributed by atoms with Crippen LogP contribution in [0.1, 0.15) is 12.0 Å². The largest absolute Gasteiger partial charge is 0.435 e. The average Bonchev–Trinajstić information content (AvgIpc) is 2.55. The molecule has 0 saturated carbocycles. The first-order valence-electron chi connectivity index (χ1n) is 7.35. The van der Waals surface area contributed by atoms with E-state index >= 15 is 0 Å². The number of benzene rings is 2. The van der Waals surface area contributed by atoms with Gasteiger partial charge in [-0.2, -0.15) is 8.78 Å². The lowest BCUT2D eigenvalue weighted by Crippen LogP contribution is -2.38. The molecule has 0 fully saturated rings. The molecule has 2 aromatic rings. The van der Waals surface area contributed by atoms with Gasteiger partial charge < -0.3 is 15.0 Å². The molecule has 1 N–H and O–H groups in total. The molecule has 0 aliphatic carbocycles. The van der Waals surface area contributed by atoms with Gasteiger partial charge in [-0.15, -0.1) is 0 Å². The van der Waals surface area contributed by atoms with Crippen LogP contribution in [-0.4, -0.2) is 18.3 Å². The minimum absolute atomic E-state index is 0.125. The Morgan fingerprint density at radius 1 is 1.13 bits per heavy atom. The van der Waals surface area contributed by atoms with Crippen molar-refractivity contribution in [1.82, 2.24) is 0 Å². The maximum absolute atomic E-state index is 12.1. The van der Waals surface area contributed by atoms with E-state index in [0.717, 1.165) is 30.8 Å². The summed E-state index contributed by atoms with van der Waals surface area (Å²) in [6.07, 6.45) is 2.09. The number of fused-ring (bicyclic) bond motifs is 1. The maximum Gasteiger partial charge on any atom is 0.387 e. The Labute approximate surface area is 138 Å². The number of ether oxygens (including phenoxy) is 1. The fraction of sp³-hybridized carbons (Fsp3) is 0.235. The fourth-order valence-corrected chi connectivity index (χ4v) is 2.96. The zero-order chi connectivity index (χ0) is 16.2. The van der Waals surface area contributed by atoms with E-state index in [4.69, 9.17) is 12.2 Å². The molecule has 120 valence electrons. The van der Waals surface area contributed by atoms with Crippen LogP contribution in [-0.2, 0) is 6.42 Å². The second-order valence-electron chi connectivity index (χ2n) is 5.22. The Kier molecular flexibility index (Phi) is 4.71. The lowest BCUT2D eigenvalue weighted by atomic mass is 10.0. The number of rotatable bonds is 3. The van der Waals surface area contributed by atoms with Gasteiger partial charge in [0.15, 0.2) is 5.11 Å². The van der Waals surface area contributed by atoms with Crippen LogP contribution in [0.2, 0.25) is 0 Å². The third kappa shape index (κ3) is 3.76. The van der Waals surface area contributed by atoms with Crippen molar-refractivity contribution in [3.05, 3.63) is 54.1 Å². The predicted molar refractivity (Wildman–Crippen MR) is 91.4 cm³/mol. The van der Waals surface area contributed by atoms with Crippen LogP contribution >= 0.6 is 12.2 Å². The SMILES string of the molecule is FC(F)Oc1ccc(NC(=S)N2CCCc3ccccc32)cc1. The first-order chi connectivity index (χ1) is 11.1. The summed E-state index contributed by atoms with van der Waals surface area (Å²) < 4.78 is 28.6. The standard InChI is InChI=1S/C17H16F2N2OS/c18-16(19)22-14-9-7-13(8-10-14)20-17(23)21-11-3-5-12-4-1-2-6-15(12)21/h1-2,4,6-10,16H,3,5,11H2,(H,20,23). The minimum Gasteiger partial charge on any atom is -0.435 e. The number of hydrogen-bond acceptors (Lipinski definition) is 2. The average molecular weight is 334 g/mol. The van der Waals surface area contributed by atoms with Crippen LogP contribution in [0.3, 0.4) is 0 Å². The van der Waals surface area contributed by atoms with Gasteiger partial charge in [-0.05, 0) is 61.0 Å². The van der Waals surface area contributed by atoms with E-state index in [0.29, 0.717) is 5.11 Å². The van der Waals surface area contributed by atoms with Crippen molar-refractivity contribution >= 4 is 28.7 Å².